The largest absolute Gasteiger partial charge is 0.492 e. The first-order chi connectivity index (χ1) is 14.2. The van der Waals surface area contributed by atoms with Gasteiger partial charge in [-0.1, -0.05) is 12.1 Å². The number of rotatable bonds is 8. The predicted octanol–water partition coefficient (Wildman–Crippen LogP) is 1.94. The molecule has 1 aromatic carbocycles. The summed E-state index contributed by atoms with van der Waals surface area (Å²) in [4.78, 5) is 21.6. The molecule has 2 fully saturated rings. The Hall–Kier alpha value is -1.99. The van der Waals surface area contributed by atoms with E-state index in [0.29, 0.717) is 6.61 Å². The summed E-state index contributed by atoms with van der Waals surface area (Å²) in [5.74, 6) is 0.924. The van der Waals surface area contributed by atoms with Crippen molar-refractivity contribution in [3.05, 3.63) is 24.3 Å². The molecule has 2 heterocycles. The number of hydrogen-bond donors (Lipinski definition) is 1. The molecule has 162 valence electrons. The van der Waals surface area contributed by atoms with Crippen molar-refractivity contribution in [3.63, 3.8) is 0 Å². The average molecular weight is 404 g/mol. The zero-order valence-electron chi connectivity index (χ0n) is 18.1. The van der Waals surface area contributed by atoms with Gasteiger partial charge in [-0.3, -0.25) is 0 Å². The summed E-state index contributed by atoms with van der Waals surface area (Å²) in [6.07, 6.45) is 2.19. The lowest BCUT2D eigenvalue weighted by Crippen LogP contribution is -2.52. The number of carbonyl (C=O) groups excluding carboxylic acids is 1. The van der Waals surface area contributed by atoms with Crippen molar-refractivity contribution in [2.45, 2.75) is 19.8 Å². The molecular weight excluding hydrogens is 366 g/mol. The molecule has 0 bridgehead atoms. The molecule has 0 radical (unpaired) electrons. The van der Waals surface area contributed by atoms with Gasteiger partial charge in [0.05, 0.1) is 12.3 Å². The molecule has 0 atom stereocenters. The number of nitrogens with zero attached hydrogens (tertiary/aromatic N) is 4. The maximum atomic E-state index is 12.5. The lowest BCUT2D eigenvalue weighted by Gasteiger charge is -2.36. The van der Waals surface area contributed by atoms with Gasteiger partial charge in [0.25, 0.3) is 0 Å². The van der Waals surface area contributed by atoms with Crippen molar-refractivity contribution in [1.29, 1.82) is 0 Å². The van der Waals surface area contributed by atoms with E-state index in [-0.39, 0.29) is 6.03 Å². The second-order valence-electron chi connectivity index (χ2n) is 7.96. The van der Waals surface area contributed by atoms with E-state index >= 15 is 0 Å². The van der Waals surface area contributed by atoms with Crippen LogP contribution < -0.4 is 15.0 Å². The van der Waals surface area contributed by atoms with Crippen LogP contribution in [0, 0.1) is 0 Å². The van der Waals surface area contributed by atoms with Gasteiger partial charge in [-0.05, 0) is 45.5 Å². The Labute approximate surface area is 175 Å². The van der Waals surface area contributed by atoms with Gasteiger partial charge in [-0.25, -0.2) is 4.79 Å². The summed E-state index contributed by atoms with van der Waals surface area (Å²) in [6.45, 7) is 12.4. The maximum absolute atomic E-state index is 12.5. The standard InChI is InChI=1S/C22H37N5O2/c1-3-29-21-9-5-4-8-20(21)26-16-18-27(19-17-26)22(28)23-10-6-7-11-25-14-12-24(2)13-15-25/h4-5,8-9H,3,6-7,10-19H2,1-2H3,(H,23,28). The predicted molar refractivity (Wildman–Crippen MR) is 118 cm³/mol. The summed E-state index contributed by atoms with van der Waals surface area (Å²) in [5.41, 5.74) is 1.12. The number of urea groups is 1. The van der Waals surface area contributed by atoms with E-state index < -0.39 is 0 Å². The number of likely N-dealkylation sites (N-methyl/N-ethyl adjacent to an activating group) is 1. The molecule has 2 aliphatic rings. The molecule has 0 saturated carbocycles. The van der Waals surface area contributed by atoms with Gasteiger partial charge in [-0.2, -0.15) is 0 Å². The minimum Gasteiger partial charge on any atom is -0.492 e. The molecule has 2 aliphatic heterocycles. The van der Waals surface area contributed by atoms with Crippen LogP contribution in [0.4, 0.5) is 10.5 Å². The van der Waals surface area contributed by atoms with Crippen molar-refractivity contribution in [3.8, 4) is 5.75 Å². The lowest BCUT2D eigenvalue weighted by atomic mass is 10.2. The molecule has 2 saturated heterocycles. The molecule has 0 aromatic heterocycles. The molecule has 2 amide bonds. The molecule has 1 N–H and O–H groups in total. The average Bonchev–Trinajstić information content (AvgIpc) is 2.75. The lowest BCUT2D eigenvalue weighted by molar-refractivity contribution is 0.152. The molecule has 7 nitrogen and oxygen atoms in total. The van der Waals surface area contributed by atoms with Crippen LogP contribution in [0.1, 0.15) is 19.8 Å². The number of piperazine rings is 2. The fourth-order valence-electron chi connectivity index (χ4n) is 3.99. The van der Waals surface area contributed by atoms with E-state index in [2.05, 4.69) is 33.1 Å². The number of nitrogens with one attached hydrogen (secondary N) is 1. The quantitative estimate of drug-likeness (QED) is 0.673. The van der Waals surface area contributed by atoms with E-state index in [1.165, 1.54) is 13.1 Å². The number of unbranched alkanes of at least 4 members (excludes halogenated alkanes) is 1. The van der Waals surface area contributed by atoms with Crippen LogP contribution in [-0.2, 0) is 0 Å². The van der Waals surface area contributed by atoms with Gasteiger partial charge in [-0.15, -0.1) is 0 Å². The number of hydrogen-bond acceptors (Lipinski definition) is 5. The monoisotopic (exact) mass is 403 g/mol. The summed E-state index contributed by atoms with van der Waals surface area (Å²) < 4.78 is 5.75. The van der Waals surface area contributed by atoms with E-state index in [9.17, 15) is 4.79 Å². The zero-order valence-corrected chi connectivity index (χ0v) is 18.1. The molecule has 7 heteroatoms. The van der Waals surface area contributed by atoms with Crippen LogP contribution in [0.5, 0.6) is 5.75 Å². The minimum absolute atomic E-state index is 0.0716. The summed E-state index contributed by atoms with van der Waals surface area (Å²) in [7, 11) is 2.18. The first kappa shape index (κ1) is 21.7. The van der Waals surface area contributed by atoms with E-state index in [4.69, 9.17) is 4.74 Å². The Balaban J connectivity index is 1.32. The van der Waals surface area contributed by atoms with Crippen molar-refractivity contribution in [2.24, 2.45) is 0 Å². The molecule has 1 aromatic rings. The van der Waals surface area contributed by atoms with Gasteiger partial charge in [0.2, 0.25) is 0 Å². The Bertz CT molecular complexity index is 625. The summed E-state index contributed by atoms with van der Waals surface area (Å²) in [5, 5.41) is 3.10. The third kappa shape index (κ3) is 6.51. The van der Waals surface area contributed by atoms with E-state index in [1.807, 2.05) is 30.0 Å². The van der Waals surface area contributed by atoms with E-state index in [1.54, 1.807) is 0 Å². The second kappa shape index (κ2) is 11.3. The first-order valence-electron chi connectivity index (χ1n) is 11.1. The van der Waals surface area contributed by atoms with Crippen molar-refractivity contribution in [2.75, 3.05) is 84.0 Å². The highest BCUT2D eigenvalue weighted by molar-refractivity contribution is 5.74. The smallest absolute Gasteiger partial charge is 0.317 e. The number of carbonyl (C=O) groups is 1. The summed E-state index contributed by atoms with van der Waals surface area (Å²) >= 11 is 0. The molecule has 29 heavy (non-hydrogen) atoms. The number of benzene rings is 1. The molecule has 0 spiro atoms. The van der Waals surface area contributed by atoms with Crippen LogP contribution in [0.15, 0.2) is 24.3 Å². The van der Waals surface area contributed by atoms with E-state index in [0.717, 1.165) is 76.6 Å². The topological polar surface area (TPSA) is 51.3 Å². The van der Waals surface area contributed by atoms with Gasteiger partial charge in [0, 0.05) is 58.9 Å². The fourth-order valence-corrected chi connectivity index (χ4v) is 3.99. The number of amides is 2. The minimum atomic E-state index is 0.0716. The van der Waals surface area contributed by atoms with Gasteiger partial charge >= 0.3 is 6.03 Å². The van der Waals surface area contributed by atoms with Crippen LogP contribution in [0.3, 0.4) is 0 Å². The van der Waals surface area contributed by atoms with Gasteiger partial charge in [0.1, 0.15) is 5.75 Å². The Morgan fingerprint density at radius 1 is 1.00 bits per heavy atom. The van der Waals surface area contributed by atoms with Gasteiger partial charge in [0.15, 0.2) is 0 Å². The number of para-hydroxylation sites is 2. The van der Waals surface area contributed by atoms with Crippen LogP contribution in [0.2, 0.25) is 0 Å². The van der Waals surface area contributed by atoms with Crippen LogP contribution >= 0.6 is 0 Å². The third-order valence-electron chi connectivity index (χ3n) is 5.85. The Kier molecular flexibility index (Phi) is 8.43. The number of ether oxygens (including phenoxy) is 1. The van der Waals surface area contributed by atoms with Crippen molar-refractivity contribution < 1.29 is 9.53 Å². The Morgan fingerprint density at radius 2 is 1.72 bits per heavy atom. The SMILES string of the molecule is CCOc1ccccc1N1CCN(C(=O)NCCCCN2CCN(C)CC2)CC1. The normalized spacial score (nSPS) is 18.7. The molecular formula is C22H37N5O2. The summed E-state index contributed by atoms with van der Waals surface area (Å²) in [6, 6.07) is 8.23. The molecule has 3 rings (SSSR count). The Morgan fingerprint density at radius 3 is 2.45 bits per heavy atom. The first-order valence-corrected chi connectivity index (χ1v) is 11.1. The van der Waals surface area contributed by atoms with Crippen LogP contribution in [-0.4, -0.2) is 99.8 Å². The number of anilines is 1. The maximum Gasteiger partial charge on any atom is 0.317 e. The highest BCUT2D eigenvalue weighted by Gasteiger charge is 2.22. The highest BCUT2D eigenvalue weighted by Crippen LogP contribution is 2.28. The van der Waals surface area contributed by atoms with Gasteiger partial charge < -0.3 is 29.7 Å². The zero-order chi connectivity index (χ0) is 20.5. The molecule has 0 unspecified atom stereocenters. The second-order valence-corrected chi connectivity index (χ2v) is 7.96. The van der Waals surface area contributed by atoms with Crippen LogP contribution in [0.25, 0.3) is 0 Å². The molecule has 0 aliphatic carbocycles. The highest BCUT2D eigenvalue weighted by atomic mass is 16.5. The fraction of sp³-hybridized carbons (Fsp3) is 0.682. The third-order valence-corrected chi connectivity index (χ3v) is 5.85. The van der Waals surface area contributed by atoms with Crippen molar-refractivity contribution >= 4 is 11.7 Å². The van der Waals surface area contributed by atoms with Crippen molar-refractivity contribution in [1.82, 2.24) is 20.0 Å².